The van der Waals surface area contributed by atoms with Crippen LogP contribution in [0.3, 0.4) is 0 Å². The normalized spacial score (nSPS) is 13.4. The van der Waals surface area contributed by atoms with Crippen LogP contribution < -0.4 is 0 Å². The molecule has 1 N–H and O–H groups in total. The molecular weight excluding hydrogens is 255 g/mol. The predicted molar refractivity (Wildman–Crippen MR) is 78.4 cm³/mol. The fraction of sp³-hybridized carbons (Fsp3) is 0.353. The quantitative estimate of drug-likeness (QED) is 0.885. The van der Waals surface area contributed by atoms with Crippen LogP contribution in [0.15, 0.2) is 36.4 Å². The first-order valence-corrected chi connectivity index (χ1v) is 6.79. The maximum atomic E-state index is 13.2. The van der Waals surface area contributed by atoms with E-state index in [4.69, 9.17) is 0 Å². The zero-order valence-electron chi connectivity index (χ0n) is 12.0. The lowest BCUT2D eigenvalue weighted by molar-refractivity contribution is -0.148. The van der Waals surface area contributed by atoms with Crippen molar-refractivity contribution in [1.82, 2.24) is 0 Å². The van der Waals surface area contributed by atoms with Gasteiger partial charge in [-0.15, -0.1) is 0 Å². The van der Waals surface area contributed by atoms with Crippen molar-refractivity contribution >= 4 is 16.7 Å². The van der Waals surface area contributed by atoms with Crippen molar-refractivity contribution in [2.75, 3.05) is 0 Å². The minimum atomic E-state index is -0.831. The summed E-state index contributed by atoms with van der Waals surface area (Å²) in [6.07, 6.45) is 0.742. The highest BCUT2D eigenvalue weighted by molar-refractivity contribution is 5.84. The average molecular weight is 274 g/mol. The summed E-state index contributed by atoms with van der Waals surface area (Å²) >= 11 is 0. The van der Waals surface area contributed by atoms with Gasteiger partial charge in [-0.3, -0.25) is 4.79 Å². The van der Waals surface area contributed by atoms with E-state index in [2.05, 4.69) is 0 Å². The summed E-state index contributed by atoms with van der Waals surface area (Å²) in [6.45, 7) is 5.49. The van der Waals surface area contributed by atoms with Crippen LogP contribution in [0.25, 0.3) is 10.8 Å². The summed E-state index contributed by atoms with van der Waals surface area (Å²) in [4.78, 5) is 11.5. The van der Waals surface area contributed by atoms with E-state index in [0.29, 0.717) is 0 Å². The molecule has 2 nitrogen and oxygen atoms in total. The number of hydrogen-bond donors (Lipinski definition) is 1. The molecule has 0 radical (unpaired) electrons. The van der Waals surface area contributed by atoms with Gasteiger partial charge >= 0.3 is 5.97 Å². The van der Waals surface area contributed by atoms with Gasteiger partial charge in [0.15, 0.2) is 0 Å². The van der Waals surface area contributed by atoms with Crippen molar-refractivity contribution in [1.29, 1.82) is 0 Å². The lowest BCUT2D eigenvalue weighted by atomic mass is 9.73. The van der Waals surface area contributed by atoms with E-state index in [9.17, 15) is 14.3 Å². The van der Waals surface area contributed by atoms with E-state index in [1.807, 2.05) is 25.1 Å². The Morgan fingerprint density at radius 3 is 2.40 bits per heavy atom. The van der Waals surface area contributed by atoms with Crippen LogP contribution in [0.4, 0.5) is 4.39 Å². The smallest absolute Gasteiger partial charge is 0.309 e. The van der Waals surface area contributed by atoms with Crippen molar-refractivity contribution in [3.8, 4) is 0 Å². The number of hydrogen-bond acceptors (Lipinski definition) is 1. The molecule has 3 heteroatoms. The van der Waals surface area contributed by atoms with Crippen LogP contribution in [0.1, 0.15) is 38.7 Å². The topological polar surface area (TPSA) is 37.3 Å². The van der Waals surface area contributed by atoms with E-state index in [1.165, 1.54) is 12.1 Å². The first-order chi connectivity index (χ1) is 9.36. The monoisotopic (exact) mass is 274 g/mol. The number of carboxylic acid groups (broad SMARTS) is 1. The fourth-order valence-electron chi connectivity index (χ4n) is 2.76. The summed E-state index contributed by atoms with van der Waals surface area (Å²) in [5, 5.41) is 11.2. The van der Waals surface area contributed by atoms with Gasteiger partial charge in [-0.25, -0.2) is 4.39 Å². The van der Waals surface area contributed by atoms with Crippen molar-refractivity contribution in [2.45, 2.75) is 33.1 Å². The standard InChI is InChI=1S/C17H19FO2/c1-4-15(17(2,3)16(19)20)13-6-5-12-10-14(18)8-7-11(12)9-13/h5-10,15H,4H2,1-3H3,(H,19,20)/t15-/m0/s1. The summed E-state index contributed by atoms with van der Waals surface area (Å²) in [5.41, 5.74) is 0.154. The van der Waals surface area contributed by atoms with Crippen molar-refractivity contribution < 1.29 is 14.3 Å². The van der Waals surface area contributed by atoms with Crippen molar-refractivity contribution in [2.24, 2.45) is 5.41 Å². The Morgan fingerprint density at radius 1 is 1.20 bits per heavy atom. The lowest BCUT2D eigenvalue weighted by Crippen LogP contribution is -2.31. The lowest BCUT2D eigenvalue weighted by Gasteiger charge is -2.30. The van der Waals surface area contributed by atoms with Gasteiger partial charge in [0.25, 0.3) is 0 Å². The third-order valence-corrected chi connectivity index (χ3v) is 4.06. The van der Waals surface area contributed by atoms with Gasteiger partial charge in [0.2, 0.25) is 0 Å². The molecule has 0 saturated carbocycles. The van der Waals surface area contributed by atoms with E-state index in [0.717, 1.165) is 22.8 Å². The molecule has 0 aliphatic carbocycles. The molecule has 2 aromatic rings. The van der Waals surface area contributed by atoms with E-state index < -0.39 is 11.4 Å². The van der Waals surface area contributed by atoms with Gasteiger partial charge in [-0.2, -0.15) is 0 Å². The zero-order chi connectivity index (χ0) is 14.9. The number of carboxylic acids is 1. The molecule has 2 aromatic carbocycles. The first-order valence-electron chi connectivity index (χ1n) is 6.79. The molecule has 20 heavy (non-hydrogen) atoms. The molecule has 0 heterocycles. The van der Waals surface area contributed by atoms with Gasteiger partial charge in [0, 0.05) is 0 Å². The van der Waals surface area contributed by atoms with Gasteiger partial charge in [-0.1, -0.05) is 31.2 Å². The minimum Gasteiger partial charge on any atom is -0.481 e. The third-order valence-electron chi connectivity index (χ3n) is 4.06. The zero-order valence-corrected chi connectivity index (χ0v) is 12.0. The largest absolute Gasteiger partial charge is 0.481 e. The van der Waals surface area contributed by atoms with Crippen LogP contribution in [-0.4, -0.2) is 11.1 Å². The fourth-order valence-corrected chi connectivity index (χ4v) is 2.76. The molecule has 0 spiro atoms. The minimum absolute atomic E-state index is 0.0746. The Labute approximate surface area is 118 Å². The molecule has 106 valence electrons. The van der Waals surface area contributed by atoms with Crippen molar-refractivity contribution in [3.63, 3.8) is 0 Å². The SMILES string of the molecule is CC[C@@H](c1ccc2cc(F)ccc2c1)C(C)(C)C(=O)O. The Balaban J connectivity index is 2.50. The molecule has 0 aliphatic rings. The summed E-state index contributed by atoms with van der Waals surface area (Å²) in [6, 6.07) is 10.4. The summed E-state index contributed by atoms with van der Waals surface area (Å²) in [7, 11) is 0. The van der Waals surface area contributed by atoms with Crippen molar-refractivity contribution in [3.05, 3.63) is 47.8 Å². The number of halogens is 1. The summed E-state index contributed by atoms with van der Waals surface area (Å²) < 4.78 is 13.2. The number of rotatable bonds is 4. The third kappa shape index (κ3) is 2.53. The van der Waals surface area contributed by atoms with Crippen LogP contribution in [0, 0.1) is 11.2 Å². The highest BCUT2D eigenvalue weighted by atomic mass is 19.1. The molecule has 0 amide bonds. The number of carbonyl (C=O) groups is 1. The summed E-state index contributed by atoms with van der Waals surface area (Å²) in [5.74, 6) is -1.14. The molecule has 0 fully saturated rings. The van der Waals surface area contributed by atoms with Crippen LogP contribution >= 0.6 is 0 Å². The molecule has 0 aliphatic heterocycles. The van der Waals surface area contributed by atoms with E-state index in [1.54, 1.807) is 19.9 Å². The number of benzene rings is 2. The Bertz CT molecular complexity index is 646. The van der Waals surface area contributed by atoms with Crippen LogP contribution in [0.5, 0.6) is 0 Å². The highest BCUT2D eigenvalue weighted by Crippen LogP contribution is 2.39. The van der Waals surface area contributed by atoms with Gasteiger partial charge in [0.05, 0.1) is 5.41 Å². The first kappa shape index (κ1) is 14.5. The second-order valence-corrected chi connectivity index (χ2v) is 5.74. The molecule has 2 rings (SSSR count). The molecular formula is C17H19FO2. The predicted octanol–water partition coefficient (Wildman–Crippen LogP) is 4.58. The molecule has 0 saturated heterocycles. The van der Waals surface area contributed by atoms with Gasteiger partial charge in [0.1, 0.15) is 5.82 Å². The number of fused-ring (bicyclic) bond motifs is 1. The van der Waals surface area contributed by atoms with E-state index >= 15 is 0 Å². The molecule has 0 unspecified atom stereocenters. The molecule has 0 bridgehead atoms. The second-order valence-electron chi connectivity index (χ2n) is 5.74. The maximum absolute atomic E-state index is 13.2. The Morgan fingerprint density at radius 2 is 1.80 bits per heavy atom. The molecule has 1 atom stereocenters. The Kier molecular flexibility index (Phi) is 3.80. The molecule has 0 aromatic heterocycles. The highest BCUT2D eigenvalue weighted by Gasteiger charge is 2.36. The van der Waals surface area contributed by atoms with E-state index in [-0.39, 0.29) is 11.7 Å². The Hall–Kier alpha value is -1.90. The van der Waals surface area contributed by atoms with Crippen LogP contribution in [0.2, 0.25) is 0 Å². The van der Waals surface area contributed by atoms with Gasteiger partial charge in [-0.05, 0) is 54.7 Å². The second kappa shape index (κ2) is 5.23. The van der Waals surface area contributed by atoms with Gasteiger partial charge < -0.3 is 5.11 Å². The number of aliphatic carboxylic acids is 1. The van der Waals surface area contributed by atoms with Crippen LogP contribution in [-0.2, 0) is 4.79 Å². The maximum Gasteiger partial charge on any atom is 0.309 e. The average Bonchev–Trinajstić information content (AvgIpc) is 2.39.